The van der Waals surface area contributed by atoms with Crippen LogP contribution in [0, 0.1) is 16.0 Å². The van der Waals surface area contributed by atoms with Gasteiger partial charge in [-0.05, 0) is 37.3 Å². The third kappa shape index (κ3) is 3.39. The van der Waals surface area contributed by atoms with Crippen LogP contribution in [0.4, 0.5) is 11.5 Å². The Morgan fingerprint density at radius 1 is 1.27 bits per heavy atom. The Morgan fingerprint density at radius 2 is 2.04 bits per heavy atom. The number of nitrogens with zero attached hydrogens (tertiary/aromatic N) is 4. The largest absolute Gasteiger partial charge is 0.377 e. The molecule has 7 nitrogen and oxygen atoms in total. The first kappa shape index (κ1) is 16.9. The summed E-state index contributed by atoms with van der Waals surface area (Å²) in [6.45, 7) is 4.37. The van der Waals surface area contributed by atoms with Crippen LogP contribution in [0.5, 0.6) is 0 Å². The monoisotopic (exact) mass is 354 g/mol. The fourth-order valence-electron chi connectivity index (χ4n) is 3.45. The number of aromatic nitrogens is 2. The van der Waals surface area contributed by atoms with E-state index in [0.29, 0.717) is 24.4 Å². The molecule has 2 aliphatic rings. The van der Waals surface area contributed by atoms with E-state index in [0.717, 1.165) is 36.6 Å². The fraction of sp³-hybridized carbons (Fsp3) is 0.474. The van der Waals surface area contributed by atoms with Crippen molar-refractivity contribution in [1.82, 2.24) is 9.97 Å². The summed E-state index contributed by atoms with van der Waals surface area (Å²) < 4.78 is 5.69. The van der Waals surface area contributed by atoms with Gasteiger partial charge in [0.05, 0.1) is 24.2 Å². The molecule has 1 aliphatic carbocycles. The Balaban J connectivity index is 1.69. The molecule has 26 heavy (non-hydrogen) atoms. The highest BCUT2D eigenvalue weighted by atomic mass is 16.6. The van der Waals surface area contributed by atoms with Crippen LogP contribution >= 0.6 is 0 Å². The number of ether oxygens (including phenoxy) is 1. The van der Waals surface area contributed by atoms with E-state index in [9.17, 15) is 10.1 Å². The Bertz CT molecular complexity index is 805. The van der Waals surface area contributed by atoms with Crippen molar-refractivity contribution in [2.75, 3.05) is 24.7 Å². The van der Waals surface area contributed by atoms with E-state index in [1.54, 1.807) is 12.1 Å². The highest BCUT2D eigenvalue weighted by molar-refractivity contribution is 5.60. The summed E-state index contributed by atoms with van der Waals surface area (Å²) in [6.07, 6.45) is 3.32. The first-order valence-electron chi connectivity index (χ1n) is 9.13. The Kier molecular flexibility index (Phi) is 4.55. The highest BCUT2D eigenvalue weighted by Crippen LogP contribution is 2.38. The first-order valence-corrected chi connectivity index (χ1v) is 9.13. The van der Waals surface area contributed by atoms with Crippen molar-refractivity contribution >= 4 is 11.5 Å². The quantitative estimate of drug-likeness (QED) is 0.606. The Labute approximate surface area is 152 Å². The minimum Gasteiger partial charge on any atom is -0.377 e. The second kappa shape index (κ2) is 6.99. The van der Waals surface area contributed by atoms with Crippen molar-refractivity contribution in [3.05, 3.63) is 46.1 Å². The SMILES string of the molecule is CCc1cc(N2CCOC[C@@H]2C2CC2)nc(-c2ccc([N+](=O)[O-])cc2)n1. The number of benzene rings is 1. The molecule has 0 N–H and O–H groups in total. The van der Waals surface area contributed by atoms with Gasteiger partial charge in [-0.2, -0.15) is 0 Å². The number of hydrogen-bond donors (Lipinski definition) is 0. The molecule has 2 aromatic rings. The minimum atomic E-state index is -0.396. The third-order valence-electron chi connectivity index (χ3n) is 5.09. The number of nitro benzene ring substituents is 1. The van der Waals surface area contributed by atoms with E-state index in [1.807, 2.05) is 0 Å². The lowest BCUT2D eigenvalue weighted by molar-refractivity contribution is -0.384. The summed E-state index contributed by atoms with van der Waals surface area (Å²) in [4.78, 5) is 22.3. The van der Waals surface area contributed by atoms with Crippen LogP contribution in [0.25, 0.3) is 11.4 Å². The second-order valence-corrected chi connectivity index (χ2v) is 6.87. The summed E-state index contributed by atoms with van der Waals surface area (Å²) in [7, 11) is 0. The van der Waals surface area contributed by atoms with Crippen molar-refractivity contribution in [1.29, 1.82) is 0 Å². The molecule has 0 radical (unpaired) electrons. The predicted octanol–water partition coefficient (Wildman–Crippen LogP) is 3.23. The summed E-state index contributed by atoms with van der Waals surface area (Å²) in [5.74, 6) is 2.25. The molecule has 0 bridgehead atoms. The molecular weight excluding hydrogens is 332 g/mol. The molecule has 136 valence electrons. The van der Waals surface area contributed by atoms with Crippen LogP contribution in [-0.4, -0.2) is 40.7 Å². The van der Waals surface area contributed by atoms with Crippen LogP contribution in [0.15, 0.2) is 30.3 Å². The molecule has 1 saturated carbocycles. The van der Waals surface area contributed by atoms with Gasteiger partial charge in [0, 0.05) is 36.0 Å². The zero-order valence-corrected chi connectivity index (χ0v) is 14.8. The maximum absolute atomic E-state index is 10.9. The fourth-order valence-corrected chi connectivity index (χ4v) is 3.45. The van der Waals surface area contributed by atoms with Crippen molar-refractivity contribution in [3.8, 4) is 11.4 Å². The van der Waals surface area contributed by atoms with Crippen LogP contribution in [0.3, 0.4) is 0 Å². The number of morpholine rings is 1. The first-order chi connectivity index (χ1) is 12.7. The molecule has 2 heterocycles. The number of nitro groups is 1. The van der Waals surface area contributed by atoms with E-state index >= 15 is 0 Å². The molecule has 0 unspecified atom stereocenters. The van der Waals surface area contributed by atoms with Crippen molar-refractivity contribution in [2.45, 2.75) is 32.2 Å². The molecule has 2 fully saturated rings. The van der Waals surface area contributed by atoms with Gasteiger partial charge in [-0.3, -0.25) is 10.1 Å². The molecule has 1 aliphatic heterocycles. The Morgan fingerprint density at radius 3 is 2.69 bits per heavy atom. The van der Waals surface area contributed by atoms with Crippen LogP contribution in [0.1, 0.15) is 25.5 Å². The minimum absolute atomic E-state index is 0.0718. The molecule has 0 spiro atoms. The van der Waals surface area contributed by atoms with E-state index < -0.39 is 4.92 Å². The lowest BCUT2D eigenvalue weighted by Gasteiger charge is -2.37. The molecule has 4 rings (SSSR count). The summed E-state index contributed by atoms with van der Waals surface area (Å²) in [6, 6.07) is 8.88. The van der Waals surface area contributed by atoms with E-state index in [4.69, 9.17) is 9.72 Å². The molecule has 1 atom stereocenters. The second-order valence-electron chi connectivity index (χ2n) is 6.87. The standard InChI is InChI=1S/C19H22N4O3/c1-2-15-11-18(22-9-10-26-12-17(22)13-3-4-13)21-19(20-15)14-5-7-16(8-6-14)23(24)25/h5-8,11,13,17H,2-4,9-10,12H2,1H3/t17-/m1/s1. The van der Waals surface area contributed by atoms with Gasteiger partial charge < -0.3 is 9.64 Å². The molecule has 1 aromatic heterocycles. The van der Waals surface area contributed by atoms with E-state index in [1.165, 1.54) is 25.0 Å². The van der Waals surface area contributed by atoms with E-state index in [-0.39, 0.29) is 5.69 Å². The highest BCUT2D eigenvalue weighted by Gasteiger charge is 2.38. The maximum atomic E-state index is 10.9. The number of hydrogen-bond acceptors (Lipinski definition) is 6. The molecular formula is C19H22N4O3. The third-order valence-corrected chi connectivity index (χ3v) is 5.09. The van der Waals surface area contributed by atoms with Crippen molar-refractivity contribution < 1.29 is 9.66 Å². The zero-order chi connectivity index (χ0) is 18.1. The van der Waals surface area contributed by atoms with E-state index in [2.05, 4.69) is 22.9 Å². The van der Waals surface area contributed by atoms with Crippen LogP contribution < -0.4 is 4.90 Å². The van der Waals surface area contributed by atoms with Gasteiger partial charge in [-0.15, -0.1) is 0 Å². The van der Waals surface area contributed by atoms with Gasteiger partial charge in [0.1, 0.15) is 5.82 Å². The lowest BCUT2D eigenvalue weighted by atomic mass is 10.1. The average molecular weight is 354 g/mol. The van der Waals surface area contributed by atoms with Gasteiger partial charge in [0.25, 0.3) is 5.69 Å². The zero-order valence-electron chi connectivity index (χ0n) is 14.8. The average Bonchev–Trinajstić information content (AvgIpc) is 3.53. The van der Waals surface area contributed by atoms with Gasteiger partial charge in [0.15, 0.2) is 5.82 Å². The predicted molar refractivity (Wildman–Crippen MR) is 98.2 cm³/mol. The number of aryl methyl sites for hydroxylation is 1. The summed E-state index contributed by atoms with van der Waals surface area (Å²) in [5.41, 5.74) is 1.84. The van der Waals surface area contributed by atoms with Crippen molar-refractivity contribution in [3.63, 3.8) is 0 Å². The maximum Gasteiger partial charge on any atom is 0.269 e. The van der Waals surface area contributed by atoms with Gasteiger partial charge in [-0.25, -0.2) is 9.97 Å². The molecule has 1 aromatic carbocycles. The van der Waals surface area contributed by atoms with Crippen molar-refractivity contribution in [2.24, 2.45) is 5.92 Å². The number of anilines is 1. The van der Waals surface area contributed by atoms with Gasteiger partial charge in [0.2, 0.25) is 0 Å². The number of non-ortho nitro benzene ring substituents is 1. The van der Waals surface area contributed by atoms with Gasteiger partial charge in [-0.1, -0.05) is 6.92 Å². The summed E-state index contributed by atoms with van der Waals surface area (Å²) in [5, 5.41) is 10.9. The normalized spacial score (nSPS) is 20.2. The topological polar surface area (TPSA) is 81.4 Å². The molecule has 0 amide bonds. The summed E-state index contributed by atoms with van der Waals surface area (Å²) >= 11 is 0. The smallest absolute Gasteiger partial charge is 0.269 e. The van der Waals surface area contributed by atoms with Gasteiger partial charge >= 0.3 is 0 Å². The molecule has 7 heteroatoms. The van der Waals surface area contributed by atoms with Crippen LogP contribution in [0.2, 0.25) is 0 Å². The molecule has 1 saturated heterocycles. The van der Waals surface area contributed by atoms with Crippen LogP contribution in [-0.2, 0) is 11.2 Å². The number of rotatable bonds is 5. The lowest BCUT2D eigenvalue weighted by Crippen LogP contribution is -2.47. The Hall–Kier alpha value is -2.54.